The van der Waals surface area contributed by atoms with Gasteiger partial charge in [0.2, 0.25) is 5.91 Å². The Kier molecular flexibility index (Phi) is 5.31. The standard InChI is InChI=1S/C22H20N6O3/c1-26-14-24-20-19(26)21(30)28(22(31)27(20)2)13-18(29)25-17-8-5-6-15(12-17)9-10-16-7-3-4-11-23-16/h3-12,14H,13H2,1-2H3,(H,25,29). The van der Waals surface area contributed by atoms with Gasteiger partial charge in [0.05, 0.1) is 12.0 Å². The summed E-state index contributed by atoms with van der Waals surface area (Å²) in [7, 11) is 3.18. The van der Waals surface area contributed by atoms with Gasteiger partial charge in [0.1, 0.15) is 6.54 Å². The van der Waals surface area contributed by atoms with E-state index in [1.54, 1.807) is 31.4 Å². The highest BCUT2D eigenvalue weighted by molar-refractivity contribution is 5.91. The lowest BCUT2D eigenvalue weighted by Gasteiger charge is -2.10. The van der Waals surface area contributed by atoms with Crippen LogP contribution in [-0.4, -0.2) is 29.6 Å². The summed E-state index contributed by atoms with van der Waals surface area (Å²) < 4.78 is 3.69. The van der Waals surface area contributed by atoms with E-state index in [2.05, 4.69) is 15.3 Å². The quantitative estimate of drug-likeness (QED) is 0.533. The first-order valence-electron chi connectivity index (χ1n) is 9.54. The summed E-state index contributed by atoms with van der Waals surface area (Å²) in [5, 5.41) is 2.74. The maximum absolute atomic E-state index is 12.7. The van der Waals surface area contributed by atoms with Gasteiger partial charge in [-0.15, -0.1) is 0 Å². The molecule has 1 N–H and O–H groups in total. The maximum Gasteiger partial charge on any atom is 0.332 e. The number of hydrogen-bond acceptors (Lipinski definition) is 5. The van der Waals surface area contributed by atoms with E-state index in [1.807, 2.05) is 36.4 Å². The van der Waals surface area contributed by atoms with Gasteiger partial charge in [-0.2, -0.15) is 0 Å². The van der Waals surface area contributed by atoms with Crippen molar-refractivity contribution in [3.63, 3.8) is 0 Å². The van der Waals surface area contributed by atoms with Gasteiger partial charge in [0, 0.05) is 26.0 Å². The number of pyridine rings is 1. The number of benzene rings is 1. The van der Waals surface area contributed by atoms with Gasteiger partial charge < -0.3 is 9.88 Å². The molecule has 0 aliphatic carbocycles. The van der Waals surface area contributed by atoms with E-state index in [0.717, 1.165) is 15.8 Å². The average molecular weight is 416 g/mol. The summed E-state index contributed by atoms with van der Waals surface area (Å²) >= 11 is 0. The predicted octanol–water partition coefficient (Wildman–Crippen LogP) is 1.64. The summed E-state index contributed by atoms with van der Waals surface area (Å²) in [6, 6.07) is 12.9. The molecule has 0 saturated carbocycles. The predicted molar refractivity (Wildman–Crippen MR) is 118 cm³/mol. The number of carbonyl (C=O) groups excluding carboxylic acids is 1. The molecule has 0 fully saturated rings. The number of nitrogens with one attached hydrogen (secondary N) is 1. The minimum absolute atomic E-state index is 0.261. The maximum atomic E-state index is 12.7. The normalized spacial score (nSPS) is 11.3. The number of rotatable bonds is 5. The van der Waals surface area contributed by atoms with Crippen molar-refractivity contribution in [1.82, 2.24) is 23.7 Å². The minimum atomic E-state index is -0.599. The van der Waals surface area contributed by atoms with E-state index in [4.69, 9.17) is 0 Å². The van der Waals surface area contributed by atoms with Crippen molar-refractivity contribution in [2.45, 2.75) is 6.54 Å². The van der Waals surface area contributed by atoms with Gasteiger partial charge in [-0.1, -0.05) is 24.3 Å². The van der Waals surface area contributed by atoms with Crippen molar-refractivity contribution in [3.8, 4) is 0 Å². The van der Waals surface area contributed by atoms with Gasteiger partial charge in [-0.3, -0.25) is 19.1 Å². The molecular formula is C22H20N6O3. The Morgan fingerprint density at radius 1 is 1.06 bits per heavy atom. The molecule has 9 nitrogen and oxygen atoms in total. The number of hydrogen-bond donors (Lipinski definition) is 1. The minimum Gasteiger partial charge on any atom is -0.328 e. The van der Waals surface area contributed by atoms with E-state index in [9.17, 15) is 14.4 Å². The molecule has 3 heterocycles. The van der Waals surface area contributed by atoms with Gasteiger partial charge in [0.15, 0.2) is 11.2 Å². The van der Waals surface area contributed by atoms with Crippen LogP contribution in [0.25, 0.3) is 23.3 Å². The Balaban J connectivity index is 1.55. The number of carbonyl (C=O) groups is 1. The fourth-order valence-corrected chi connectivity index (χ4v) is 3.26. The third-order valence-electron chi connectivity index (χ3n) is 4.81. The van der Waals surface area contributed by atoms with Crippen LogP contribution in [0.1, 0.15) is 11.3 Å². The van der Waals surface area contributed by atoms with Gasteiger partial charge in [0.25, 0.3) is 5.56 Å². The molecule has 0 saturated heterocycles. The summed E-state index contributed by atoms with van der Waals surface area (Å²) in [5.74, 6) is -0.480. The van der Waals surface area contributed by atoms with Crippen molar-refractivity contribution in [3.05, 3.63) is 87.1 Å². The molecule has 0 aliphatic heterocycles. The fraction of sp³-hybridized carbons (Fsp3) is 0.136. The summed E-state index contributed by atoms with van der Waals surface area (Å²) in [6.07, 6.45) is 6.92. The lowest BCUT2D eigenvalue weighted by Crippen LogP contribution is -2.42. The van der Waals surface area contributed by atoms with Crippen molar-refractivity contribution in [2.24, 2.45) is 14.1 Å². The Bertz CT molecular complexity index is 1410. The molecule has 1 aromatic carbocycles. The highest BCUT2D eigenvalue weighted by Crippen LogP contribution is 2.13. The zero-order valence-electron chi connectivity index (χ0n) is 17.0. The molecule has 156 valence electrons. The van der Waals surface area contributed by atoms with Crippen molar-refractivity contribution in [2.75, 3.05) is 5.32 Å². The average Bonchev–Trinajstić information content (AvgIpc) is 3.16. The zero-order chi connectivity index (χ0) is 22.0. The molecule has 31 heavy (non-hydrogen) atoms. The molecular weight excluding hydrogens is 396 g/mol. The van der Waals surface area contributed by atoms with Crippen LogP contribution in [-0.2, 0) is 25.4 Å². The second-order valence-electron chi connectivity index (χ2n) is 7.02. The van der Waals surface area contributed by atoms with E-state index >= 15 is 0 Å². The lowest BCUT2D eigenvalue weighted by atomic mass is 10.1. The van der Waals surface area contributed by atoms with Crippen molar-refractivity contribution in [1.29, 1.82) is 0 Å². The Hall–Kier alpha value is -4.27. The number of anilines is 1. The number of aromatic nitrogens is 5. The van der Waals surface area contributed by atoms with Crippen LogP contribution in [0, 0.1) is 0 Å². The first kappa shape index (κ1) is 20.0. The monoisotopic (exact) mass is 416 g/mol. The number of nitrogens with zero attached hydrogens (tertiary/aromatic N) is 5. The summed E-state index contributed by atoms with van der Waals surface area (Å²) in [4.78, 5) is 46.2. The summed E-state index contributed by atoms with van der Waals surface area (Å²) in [5.41, 5.74) is 1.63. The van der Waals surface area contributed by atoms with Crippen LogP contribution in [0.4, 0.5) is 5.69 Å². The molecule has 3 aromatic heterocycles. The number of imidazole rings is 1. The number of fused-ring (bicyclic) bond motifs is 1. The SMILES string of the molecule is Cn1cnc2c1c(=O)n(CC(=O)Nc1cccc(C=Cc3ccccn3)c1)c(=O)n2C. The Morgan fingerprint density at radius 3 is 2.68 bits per heavy atom. The molecule has 9 heteroatoms. The molecule has 0 aliphatic rings. The first-order chi connectivity index (χ1) is 14.9. The number of amides is 1. The Morgan fingerprint density at radius 2 is 1.90 bits per heavy atom. The molecule has 0 radical (unpaired) electrons. The van der Waals surface area contributed by atoms with Crippen LogP contribution in [0.2, 0.25) is 0 Å². The smallest absolute Gasteiger partial charge is 0.328 e. The molecule has 0 atom stereocenters. The highest BCUT2D eigenvalue weighted by atomic mass is 16.2. The molecule has 1 amide bonds. The van der Waals surface area contributed by atoms with Crippen LogP contribution in [0.5, 0.6) is 0 Å². The number of aryl methyl sites for hydroxylation is 2. The van der Waals surface area contributed by atoms with Crippen LogP contribution in [0.3, 0.4) is 0 Å². The van der Waals surface area contributed by atoms with Crippen LogP contribution in [0.15, 0.2) is 64.6 Å². The summed E-state index contributed by atoms with van der Waals surface area (Å²) in [6.45, 7) is -0.402. The van der Waals surface area contributed by atoms with Gasteiger partial charge >= 0.3 is 5.69 Å². The Labute approximate surface area is 176 Å². The molecule has 0 unspecified atom stereocenters. The molecule has 4 aromatic rings. The van der Waals surface area contributed by atoms with Crippen LogP contribution >= 0.6 is 0 Å². The van der Waals surface area contributed by atoms with Crippen molar-refractivity contribution < 1.29 is 4.79 Å². The highest BCUT2D eigenvalue weighted by Gasteiger charge is 2.17. The van der Waals surface area contributed by atoms with Gasteiger partial charge in [-0.05, 0) is 35.9 Å². The zero-order valence-corrected chi connectivity index (χ0v) is 17.0. The largest absolute Gasteiger partial charge is 0.332 e. The van der Waals surface area contributed by atoms with E-state index < -0.39 is 23.7 Å². The molecule has 0 spiro atoms. The molecule has 0 bridgehead atoms. The third-order valence-corrected chi connectivity index (χ3v) is 4.81. The van der Waals surface area contributed by atoms with Gasteiger partial charge in [-0.25, -0.2) is 14.3 Å². The van der Waals surface area contributed by atoms with E-state index in [0.29, 0.717) is 5.69 Å². The second-order valence-corrected chi connectivity index (χ2v) is 7.02. The fourth-order valence-electron chi connectivity index (χ4n) is 3.26. The lowest BCUT2D eigenvalue weighted by molar-refractivity contribution is -0.116. The first-order valence-corrected chi connectivity index (χ1v) is 9.54. The topological polar surface area (TPSA) is 104 Å². The van der Waals surface area contributed by atoms with Crippen molar-refractivity contribution >= 4 is 34.9 Å². The molecule has 4 rings (SSSR count). The second kappa shape index (κ2) is 8.23. The third kappa shape index (κ3) is 4.06. The van der Waals surface area contributed by atoms with Crippen LogP contribution < -0.4 is 16.6 Å². The van der Waals surface area contributed by atoms with E-state index in [1.165, 1.54) is 22.5 Å². The van der Waals surface area contributed by atoms with E-state index in [-0.39, 0.29) is 11.2 Å².